The molecule has 0 spiro atoms. The van der Waals surface area contributed by atoms with Crippen LogP contribution in [-0.4, -0.2) is 42.1 Å². The third-order valence-corrected chi connectivity index (χ3v) is 6.31. The Balaban J connectivity index is 1.73. The number of pyridine rings is 1. The first-order valence-electron chi connectivity index (χ1n) is 11.6. The summed E-state index contributed by atoms with van der Waals surface area (Å²) in [5, 5.41) is 2.55. The molecule has 1 aromatic carbocycles. The number of aryl methyl sites for hydroxylation is 1. The first-order valence-corrected chi connectivity index (χ1v) is 11.6. The Bertz CT molecular complexity index is 1100. The predicted molar refractivity (Wildman–Crippen MR) is 126 cm³/mol. The molecular formula is C26H31FN2O6. The Morgan fingerprint density at radius 2 is 1.89 bits per heavy atom. The molecule has 1 saturated carbocycles. The van der Waals surface area contributed by atoms with E-state index in [1.165, 1.54) is 45.4 Å². The van der Waals surface area contributed by atoms with Crippen molar-refractivity contribution in [2.75, 3.05) is 7.11 Å². The molecule has 9 heteroatoms. The fraction of sp³-hybridized carbons (Fsp3) is 0.462. The molecule has 3 atom stereocenters. The number of nitrogens with zero attached hydrogens (tertiary/aromatic N) is 1. The molecule has 188 valence electrons. The molecule has 1 N–H and O–H groups in total. The van der Waals surface area contributed by atoms with Crippen molar-refractivity contribution in [2.45, 2.75) is 65.0 Å². The lowest BCUT2D eigenvalue weighted by atomic mass is 9.70. The van der Waals surface area contributed by atoms with E-state index in [0.29, 0.717) is 5.92 Å². The number of methoxy groups -OCH3 is 1. The number of carbonyl (C=O) groups is 3. The van der Waals surface area contributed by atoms with Gasteiger partial charge in [-0.1, -0.05) is 12.5 Å². The fourth-order valence-corrected chi connectivity index (χ4v) is 4.38. The molecule has 1 heterocycles. The quantitative estimate of drug-likeness (QED) is 0.532. The van der Waals surface area contributed by atoms with Gasteiger partial charge in [-0.15, -0.1) is 0 Å². The molecule has 0 unspecified atom stereocenters. The van der Waals surface area contributed by atoms with Crippen molar-refractivity contribution in [3.63, 3.8) is 0 Å². The van der Waals surface area contributed by atoms with Gasteiger partial charge in [0.2, 0.25) is 5.75 Å². The van der Waals surface area contributed by atoms with Crippen molar-refractivity contribution < 1.29 is 33.0 Å². The van der Waals surface area contributed by atoms with Crippen LogP contribution >= 0.6 is 0 Å². The minimum absolute atomic E-state index is 0.0770. The average molecular weight is 487 g/mol. The summed E-state index contributed by atoms with van der Waals surface area (Å²) in [5.41, 5.74) is 1.58. The normalized spacial score (nSPS) is 15.8. The van der Waals surface area contributed by atoms with Crippen molar-refractivity contribution in [3.05, 3.63) is 53.1 Å². The molecule has 0 bridgehead atoms. The highest BCUT2D eigenvalue weighted by atomic mass is 19.1. The van der Waals surface area contributed by atoms with Gasteiger partial charge in [0.25, 0.3) is 5.91 Å². The molecule has 0 saturated heterocycles. The van der Waals surface area contributed by atoms with Gasteiger partial charge in [0.1, 0.15) is 18.0 Å². The number of hydrogen-bond donors (Lipinski definition) is 1. The summed E-state index contributed by atoms with van der Waals surface area (Å²) >= 11 is 0. The summed E-state index contributed by atoms with van der Waals surface area (Å²) < 4.78 is 29.7. The van der Waals surface area contributed by atoms with E-state index in [1.807, 2.05) is 13.8 Å². The SMILES string of the molecule is COc1ccnc(C(=O)N[C@@H](C)C(=O)O[C@@H](C)[C@H](c2ccc(F)cc2C)C2CCC2)c1OC(C)=O. The first kappa shape index (κ1) is 26.1. The Kier molecular flexibility index (Phi) is 8.43. The zero-order valence-corrected chi connectivity index (χ0v) is 20.6. The van der Waals surface area contributed by atoms with Crippen LogP contribution in [0, 0.1) is 18.7 Å². The summed E-state index contributed by atoms with van der Waals surface area (Å²) in [7, 11) is 1.37. The zero-order valence-electron chi connectivity index (χ0n) is 20.6. The van der Waals surface area contributed by atoms with Crippen molar-refractivity contribution in [2.24, 2.45) is 5.92 Å². The number of ether oxygens (including phenoxy) is 3. The van der Waals surface area contributed by atoms with Gasteiger partial charge in [0, 0.05) is 25.1 Å². The molecule has 1 aliphatic rings. The molecule has 35 heavy (non-hydrogen) atoms. The van der Waals surface area contributed by atoms with Gasteiger partial charge in [0.15, 0.2) is 11.4 Å². The van der Waals surface area contributed by atoms with Crippen LogP contribution in [0.1, 0.15) is 67.6 Å². The largest absolute Gasteiger partial charge is 0.493 e. The van der Waals surface area contributed by atoms with Gasteiger partial charge in [-0.2, -0.15) is 0 Å². The minimum Gasteiger partial charge on any atom is -0.493 e. The Labute approximate surface area is 204 Å². The standard InChI is InChI=1S/C26H31FN2O6/c1-14-13-19(27)9-10-20(14)22(18-7-6-8-18)16(3)34-26(32)15(2)29-25(31)23-24(35-17(4)30)21(33-5)11-12-28-23/h9-13,15-16,18,22H,6-8H2,1-5H3,(H,29,31)/t15-,16-,22-/m0/s1. The number of hydrogen-bond acceptors (Lipinski definition) is 7. The second-order valence-corrected chi connectivity index (χ2v) is 8.84. The highest BCUT2D eigenvalue weighted by molar-refractivity contribution is 5.98. The predicted octanol–water partition coefficient (Wildman–Crippen LogP) is 4.10. The van der Waals surface area contributed by atoms with Gasteiger partial charge in [-0.05, 0) is 62.8 Å². The summed E-state index contributed by atoms with van der Waals surface area (Å²) in [6.07, 6.45) is 3.97. The zero-order chi connectivity index (χ0) is 25.7. The Hall–Kier alpha value is -3.49. The lowest BCUT2D eigenvalue weighted by Gasteiger charge is -2.38. The molecule has 1 aromatic heterocycles. The third kappa shape index (κ3) is 6.15. The van der Waals surface area contributed by atoms with Crippen LogP contribution in [0.2, 0.25) is 0 Å². The van der Waals surface area contributed by atoms with Crippen LogP contribution < -0.4 is 14.8 Å². The molecule has 3 rings (SSSR count). The topological polar surface area (TPSA) is 104 Å². The van der Waals surface area contributed by atoms with Gasteiger partial charge in [-0.25, -0.2) is 14.2 Å². The number of nitrogens with one attached hydrogen (secondary N) is 1. The van der Waals surface area contributed by atoms with E-state index >= 15 is 0 Å². The summed E-state index contributed by atoms with van der Waals surface area (Å²) in [6, 6.07) is 5.12. The molecule has 1 aliphatic carbocycles. The summed E-state index contributed by atoms with van der Waals surface area (Å²) in [6.45, 7) is 6.36. The summed E-state index contributed by atoms with van der Waals surface area (Å²) in [5.74, 6) is -2.02. The van der Waals surface area contributed by atoms with Crippen LogP contribution in [-0.2, 0) is 14.3 Å². The van der Waals surface area contributed by atoms with Gasteiger partial charge in [0.05, 0.1) is 7.11 Å². The maximum Gasteiger partial charge on any atom is 0.328 e. The summed E-state index contributed by atoms with van der Waals surface area (Å²) in [4.78, 5) is 41.2. The second-order valence-electron chi connectivity index (χ2n) is 8.84. The number of aromatic nitrogens is 1. The maximum absolute atomic E-state index is 13.7. The van der Waals surface area contributed by atoms with Crippen LogP contribution in [0.5, 0.6) is 11.5 Å². The van der Waals surface area contributed by atoms with E-state index in [2.05, 4.69) is 10.3 Å². The number of rotatable bonds is 9. The average Bonchev–Trinajstić information content (AvgIpc) is 2.76. The van der Waals surface area contributed by atoms with E-state index in [0.717, 1.165) is 30.4 Å². The second kappa shape index (κ2) is 11.3. The van der Waals surface area contributed by atoms with Crippen LogP contribution in [0.4, 0.5) is 4.39 Å². The number of halogens is 1. The smallest absolute Gasteiger partial charge is 0.328 e. The van der Waals surface area contributed by atoms with E-state index in [9.17, 15) is 18.8 Å². The van der Waals surface area contributed by atoms with Crippen LogP contribution in [0.25, 0.3) is 0 Å². The van der Waals surface area contributed by atoms with Crippen LogP contribution in [0.3, 0.4) is 0 Å². The molecule has 0 radical (unpaired) electrons. The monoisotopic (exact) mass is 486 g/mol. The lowest BCUT2D eigenvalue weighted by molar-refractivity contribution is -0.152. The molecule has 1 fully saturated rings. The maximum atomic E-state index is 13.7. The number of benzene rings is 1. The molecule has 1 amide bonds. The van der Waals surface area contributed by atoms with E-state index in [-0.39, 0.29) is 28.9 Å². The van der Waals surface area contributed by atoms with E-state index in [1.54, 1.807) is 6.07 Å². The third-order valence-electron chi connectivity index (χ3n) is 6.31. The lowest BCUT2D eigenvalue weighted by Crippen LogP contribution is -2.42. The van der Waals surface area contributed by atoms with E-state index < -0.39 is 30.0 Å². The van der Waals surface area contributed by atoms with Crippen molar-refractivity contribution in [1.82, 2.24) is 10.3 Å². The van der Waals surface area contributed by atoms with Gasteiger partial charge < -0.3 is 19.5 Å². The highest BCUT2D eigenvalue weighted by Gasteiger charge is 2.36. The fourth-order valence-electron chi connectivity index (χ4n) is 4.38. The number of esters is 2. The van der Waals surface area contributed by atoms with Crippen molar-refractivity contribution in [1.29, 1.82) is 0 Å². The molecule has 8 nitrogen and oxygen atoms in total. The minimum atomic E-state index is -1.00. The van der Waals surface area contributed by atoms with Gasteiger partial charge in [-0.3, -0.25) is 9.59 Å². The Morgan fingerprint density at radius 3 is 2.46 bits per heavy atom. The van der Waals surface area contributed by atoms with E-state index in [4.69, 9.17) is 14.2 Å². The Morgan fingerprint density at radius 1 is 1.17 bits per heavy atom. The number of carbonyl (C=O) groups excluding carboxylic acids is 3. The van der Waals surface area contributed by atoms with Crippen molar-refractivity contribution >= 4 is 17.8 Å². The van der Waals surface area contributed by atoms with Crippen molar-refractivity contribution in [3.8, 4) is 11.5 Å². The number of amides is 1. The highest BCUT2D eigenvalue weighted by Crippen LogP contribution is 2.43. The first-order chi connectivity index (χ1) is 16.6. The molecule has 0 aliphatic heterocycles. The van der Waals surface area contributed by atoms with Gasteiger partial charge >= 0.3 is 11.9 Å². The van der Waals surface area contributed by atoms with Crippen LogP contribution in [0.15, 0.2) is 30.5 Å². The molecular weight excluding hydrogens is 455 g/mol. The molecule has 2 aromatic rings.